The molecule has 2 aromatic rings. The Bertz CT molecular complexity index is 761. The van der Waals surface area contributed by atoms with E-state index in [4.69, 9.17) is 0 Å². The van der Waals surface area contributed by atoms with Gasteiger partial charge in [-0.3, -0.25) is 4.79 Å². The SMILES string of the molecule is CC(NC(=O)c1cccc(OC(F)F)c1)c1ccc2c(c1)CCCC2. The summed E-state index contributed by atoms with van der Waals surface area (Å²) in [7, 11) is 0. The van der Waals surface area contributed by atoms with Crippen LogP contribution < -0.4 is 10.1 Å². The molecule has 1 atom stereocenters. The molecule has 0 aromatic heterocycles. The van der Waals surface area contributed by atoms with Gasteiger partial charge >= 0.3 is 6.61 Å². The molecule has 0 saturated heterocycles. The van der Waals surface area contributed by atoms with Gasteiger partial charge in [-0.1, -0.05) is 24.3 Å². The molecule has 1 N–H and O–H groups in total. The Morgan fingerprint density at radius 3 is 2.60 bits per heavy atom. The van der Waals surface area contributed by atoms with Crippen molar-refractivity contribution >= 4 is 5.91 Å². The zero-order valence-electron chi connectivity index (χ0n) is 14.1. The minimum atomic E-state index is -2.91. The summed E-state index contributed by atoms with van der Waals surface area (Å²) < 4.78 is 28.9. The number of benzene rings is 2. The Labute approximate surface area is 146 Å². The third kappa shape index (κ3) is 4.35. The normalized spacial score (nSPS) is 14.7. The third-order valence-electron chi connectivity index (χ3n) is 4.54. The maximum absolute atomic E-state index is 12.4. The smallest absolute Gasteiger partial charge is 0.387 e. The number of fused-ring (bicyclic) bond motifs is 1. The highest BCUT2D eigenvalue weighted by atomic mass is 19.3. The first-order chi connectivity index (χ1) is 12.0. The molecule has 3 nitrogen and oxygen atoms in total. The monoisotopic (exact) mass is 345 g/mol. The van der Waals surface area contributed by atoms with E-state index in [0.717, 1.165) is 18.4 Å². The fourth-order valence-electron chi connectivity index (χ4n) is 3.20. The van der Waals surface area contributed by atoms with Crippen LogP contribution in [0.5, 0.6) is 5.75 Å². The summed E-state index contributed by atoms with van der Waals surface area (Å²) >= 11 is 0. The lowest BCUT2D eigenvalue weighted by Crippen LogP contribution is -2.26. The second-order valence-electron chi connectivity index (χ2n) is 6.34. The number of hydrogen-bond acceptors (Lipinski definition) is 2. The van der Waals surface area contributed by atoms with Gasteiger partial charge in [-0.15, -0.1) is 0 Å². The van der Waals surface area contributed by atoms with Gasteiger partial charge in [-0.25, -0.2) is 0 Å². The molecule has 25 heavy (non-hydrogen) atoms. The topological polar surface area (TPSA) is 38.3 Å². The standard InChI is InChI=1S/C20H21F2NO2/c1-13(15-10-9-14-5-2-3-6-16(14)11-15)23-19(24)17-7-4-8-18(12-17)25-20(21)22/h4,7-13,20H,2-3,5-6H2,1H3,(H,23,24). The number of halogens is 2. The lowest BCUT2D eigenvalue weighted by Gasteiger charge is -2.20. The van der Waals surface area contributed by atoms with Crippen LogP contribution in [-0.2, 0) is 12.8 Å². The van der Waals surface area contributed by atoms with Gasteiger partial charge in [0.1, 0.15) is 5.75 Å². The van der Waals surface area contributed by atoms with Crippen molar-refractivity contribution in [1.82, 2.24) is 5.32 Å². The molecule has 0 heterocycles. The average Bonchev–Trinajstić information content (AvgIpc) is 2.61. The van der Waals surface area contributed by atoms with Gasteiger partial charge in [0.15, 0.2) is 0 Å². The van der Waals surface area contributed by atoms with Crippen molar-refractivity contribution < 1.29 is 18.3 Å². The number of carbonyl (C=O) groups excluding carboxylic acids is 1. The maximum atomic E-state index is 12.4. The first-order valence-electron chi connectivity index (χ1n) is 8.50. The number of rotatable bonds is 5. The number of aryl methyl sites for hydroxylation is 2. The number of nitrogens with one attached hydrogen (secondary N) is 1. The third-order valence-corrected chi connectivity index (χ3v) is 4.54. The highest BCUT2D eigenvalue weighted by Gasteiger charge is 2.15. The molecule has 1 aliphatic rings. The van der Waals surface area contributed by atoms with Crippen LogP contribution in [0.1, 0.15) is 52.9 Å². The number of amides is 1. The van der Waals surface area contributed by atoms with Gasteiger partial charge in [0.2, 0.25) is 0 Å². The molecule has 0 bridgehead atoms. The lowest BCUT2D eigenvalue weighted by atomic mass is 9.89. The molecule has 2 aromatic carbocycles. The van der Waals surface area contributed by atoms with E-state index in [1.807, 2.05) is 13.0 Å². The highest BCUT2D eigenvalue weighted by Crippen LogP contribution is 2.25. The van der Waals surface area contributed by atoms with Crippen molar-refractivity contribution in [3.8, 4) is 5.75 Å². The van der Waals surface area contributed by atoms with Crippen molar-refractivity contribution in [1.29, 1.82) is 0 Å². The average molecular weight is 345 g/mol. The zero-order valence-corrected chi connectivity index (χ0v) is 14.1. The van der Waals surface area contributed by atoms with Gasteiger partial charge < -0.3 is 10.1 Å². The molecule has 0 saturated carbocycles. The van der Waals surface area contributed by atoms with Gasteiger partial charge in [0, 0.05) is 5.56 Å². The molecular formula is C20H21F2NO2. The van der Waals surface area contributed by atoms with Crippen LogP contribution in [0.2, 0.25) is 0 Å². The summed E-state index contributed by atoms with van der Waals surface area (Å²) in [6, 6.07) is 12.0. The minimum absolute atomic E-state index is 0.0240. The first-order valence-corrected chi connectivity index (χ1v) is 8.50. The lowest BCUT2D eigenvalue weighted by molar-refractivity contribution is -0.0498. The predicted molar refractivity (Wildman–Crippen MR) is 92.0 cm³/mol. The summed E-state index contributed by atoms with van der Waals surface area (Å²) in [6.45, 7) is -0.991. The number of carbonyl (C=O) groups is 1. The highest BCUT2D eigenvalue weighted by molar-refractivity contribution is 5.94. The number of alkyl halides is 2. The zero-order chi connectivity index (χ0) is 17.8. The Hall–Kier alpha value is -2.43. The van der Waals surface area contributed by atoms with Crippen LogP contribution in [0.3, 0.4) is 0 Å². The van der Waals surface area contributed by atoms with Crippen molar-refractivity contribution in [3.63, 3.8) is 0 Å². The molecule has 0 fully saturated rings. The maximum Gasteiger partial charge on any atom is 0.387 e. The van der Waals surface area contributed by atoms with Gasteiger partial charge in [-0.05, 0) is 67.5 Å². The molecule has 132 valence electrons. The van der Waals surface area contributed by atoms with Crippen LogP contribution in [0.15, 0.2) is 42.5 Å². The van der Waals surface area contributed by atoms with E-state index in [0.29, 0.717) is 5.56 Å². The summed E-state index contributed by atoms with van der Waals surface area (Å²) in [5, 5.41) is 2.92. The van der Waals surface area contributed by atoms with Crippen LogP contribution in [0.25, 0.3) is 0 Å². The molecule has 0 aliphatic heterocycles. The molecule has 1 aliphatic carbocycles. The summed E-state index contributed by atoms with van der Waals surface area (Å²) in [6.07, 6.45) is 4.63. The molecule has 0 radical (unpaired) electrons. The van der Waals surface area contributed by atoms with Crippen LogP contribution in [0, 0.1) is 0 Å². The largest absolute Gasteiger partial charge is 0.435 e. The second kappa shape index (κ2) is 7.64. The molecule has 0 spiro atoms. The molecule has 3 rings (SSSR count). The summed E-state index contributed by atoms with van der Waals surface area (Å²) in [5.74, 6) is -0.339. The van der Waals surface area contributed by atoms with E-state index in [2.05, 4.69) is 22.2 Å². The summed E-state index contributed by atoms with van der Waals surface area (Å²) in [4.78, 5) is 12.4. The summed E-state index contributed by atoms with van der Waals surface area (Å²) in [5.41, 5.74) is 4.10. The van der Waals surface area contributed by atoms with E-state index in [1.54, 1.807) is 6.07 Å². The van der Waals surface area contributed by atoms with E-state index >= 15 is 0 Å². The first kappa shape index (κ1) is 17.4. The Morgan fingerprint density at radius 2 is 1.84 bits per heavy atom. The minimum Gasteiger partial charge on any atom is -0.435 e. The fourth-order valence-corrected chi connectivity index (χ4v) is 3.20. The van der Waals surface area contributed by atoms with Crippen molar-refractivity contribution in [2.24, 2.45) is 0 Å². The Kier molecular flexibility index (Phi) is 5.31. The Balaban J connectivity index is 1.70. The predicted octanol–water partition coefficient (Wildman–Crippen LogP) is 4.66. The molecule has 1 amide bonds. The van der Waals surface area contributed by atoms with Crippen LogP contribution >= 0.6 is 0 Å². The quantitative estimate of drug-likeness (QED) is 0.856. The second-order valence-corrected chi connectivity index (χ2v) is 6.34. The Morgan fingerprint density at radius 1 is 1.08 bits per heavy atom. The molecule has 1 unspecified atom stereocenters. The van der Waals surface area contributed by atoms with Crippen molar-refractivity contribution in [2.45, 2.75) is 45.3 Å². The fraction of sp³-hybridized carbons (Fsp3) is 0.350. The molecule has 5 heteroatoms. The van der Waals surface area contributed by atoms with Gasteiger partial charge in [0.05, 0.1) is 6.04 Å². The van der Waals surface area contributed by atoms with E-state index < -0.39 is 6.61 Å². The molecular weight excluding hydrogens is 324 g/mol. The van der Waals surface area contributed by atoms with E-state index in [-0.39, 0.29) is 17.7 Å². The van der Waals surface area contributed by atoms with Gasteiger partial charge in [-0.2, -0.15) is 8.78 Å². The van der Waals surface area contributed by atoms with Crippen molar-refractivity contribution in [2.75, 3.05) is 0 Å². The van der Waals surface area contributed by atoms with Crippen LogP contribution in [-0.4, -0.2) is 12.5 Å². The van der Waals surface area contributed by atoms with Gasteiger partial charge in [0.25, 0.3) is 5.91 Å². The number of hydrogen-bond donors (Lipinski definition) is 1. The number of ether oxygens (including phenoxy) is 1. The van der Waals surface area contributed by atoms with Crippen molar-refractivity contribution in [3.05, 3.63) is 64.7 Å². The van der Waals surface area contributed by atoms with E-state index in [9.17, 15) is 13.6 Å². The van der Waals surface area contributed by atoms with Crippen LogP contribution in [0.4, 0.5) is 8.78 Å². The van der Waals surface area contributed by atoms with E-state index in [1.165, 1.54) is 42.2 Å².